The maximum absolute atomic E-state index is 11.5. The summed E-state index contributed by atoms with van der Waals surface area (Å²) in [6.45, 7) is 2.34. The highest BCUT2D eigenvalue weighted by Crippen LogP contribution is 2.19. The van der Waals surface area contributed by atoms with E-state index in [1.165, 1.54) is 4.90 Å². The fourth-order valence-corrected chi connectivity index (χ4v) is 2.39. The van der Waals surface area contributed by atoms with E-state index in [2.05, 4.69) is 10.6 Å². The van der Waals surface area contributed by atoms with Crippen molar-refractivity contribution in [3.63, 3.8) is 0 Å². The smallest absolute Gasteiger partial charge is 0.225 e. The number of benzene rings is 1. The minimum Gasteiger partial charge on any atom is -0.355 e. The minimum absolute atomic E-state index is 0.167. The number of carbonyl (C=O) groups is 1. The van der Waals surface area contributed by atoms with E-state index in [0.29, 0.717) is 6.54 Å². The van der Waals surface area contributed by atoms with Crippen molar-refractivity contribution in [3.8, 4) is 0 Å². The van der Waals surface area contributed by atoms with Crippen LogP contribution in [0.5, 0.6) is 0 Å². The van der Waals surface area contributed by atoms with E-state index in [0.717, 1.165) is 23.9 Å². The second-order valence-corrected chi connectivity index (χ2v) is 5.55. The third-order valence-electron chi connectivity index (χ3n) is 2.64. The van der Waals surface area contributed by atoms with Crippen molar-refractivity contribution < 1.29 is 4.79 Å². The number of hydrogen-bond donors (Lipinski definition) is 2. The lowest BCUT2D eigenvalue weighted by Crippen LogP contribution is -2.51. The van der Waals surface area contributed by atoms with Gasteiger partial charge in [0.05, 0.1) is 5.92 Å². The molecule has 1 saturated heterocycles. The van der Waals surface area contributed by atoms with Crippen molar-refractivity contribution in [3.05, 3.63) is 29.3 Å². The Morgan fingerprint density at radius 3 is 2.71 bits per heavy atom. The largest absolute Gasteiger partial charge is 0.355 e. The van der Waals surface area contributed by atoms with E-state index in [1.54, 1.807) is 11.8 Å². The van der Waals surface area contributed by atoms with Crippen LogP contribution in [0, 0.1) is 5.92 Å². The number of thioether (sulfide) groups is 1. The topological polar surface area (TPSA) is 41.1 Å². The molecule has 17 heavy (non-hydrogen) atoms. The van der Waals surface area contributed by atoms with Gasteiger partial charge < -0.3 is 10.6 Å². The molecule has 1 heterocycles. The zero-order chi connectivity index (χ0) is 12.1. The summed E-state index contributed by atoms with van der Waals surface area (Å²) < 4.78 is 0. The van der Waals surface area contributed by atoms with Gasteiger partial charge in [0.15, 0.2) is 0 Å². The molecule has 1 fully saturated rings. The van der Waals surface area contributed by atoms with Crippen LogP contribution in [-0.2, 0) is 4.79 Å². The molecule has 0 spiro atoms. The lowest BCUT2D eigenvalue weighted by Gasteiger charge is -2.25. The number of nitrogens with one attached hydrogen (secondary N) is 2. The first-order valence-electron chi connectivity index (χ1n) is 5.62. The van der Waals surface area contributed by atoms with Crippen LogP contribution >= 0.6 is 23.4 Å². The first-order chi connectivity index (χ1) is 8.25. The Kier molecular flexibility index (Phi) is 4.71. The van der Waals surface area contributed by atoms with Crippen molar-refractivity contribution in [1.29, 1.82) is 0 Å². The number of amides is 1. The van der Waals surface area contributed by atoms with Gasteiger partial charge in [0.25, 0.3) is 0 Å². The minimum atomic E-state index is 0.167. The maximum atomic E-state index is 11.5. The molecule has 2 rings (SSSR count). The van der Waals surface area contributed by atoms with E-state index in [9.17, 15) is 4.79 Å². The van der Waals surface area contributed by atoms with Crippen LogP contribution in [0.4, 0.5) is 0 Å². The van der Waals surface area contributed by atoms with Crippen molar-refractivity contribution >= 4 is 29.3 Å². The van der Waals surface area contributed by atoms with Crippen LogP contribution in [0.3, 0.4) is 0 Å². The number of halogens is 1. The first kappa shape index (κ1) is 12.7. The third-order valence-corrected chi connectivity index (χ3v) is 3.90. The molecular weight excluding hydrogens is 256 g/mol. The summed E-state index contributed by atoms with van der Waals surface area (Å²) in [7, 11) is 0. The van der Waals surface area contributed by atoms with Gasteiger partial charge in [-0.2, -0.15) is 0 Å². The van der Waals surface area contributed by atoms with Crippen LogP contribution in [0.1, 0.15) is 0 Å². The molecule has 0 saturated carbocycles. The van der Waals surface area contributed by atoms with Crippen molar-refractivity contribution in [2.24, 2.45) is 5.92 Å². The summed E-state index contributed by atoms with van der Waals surface area (Å²) >= 11 is 7.52. The van der Waals surface area contributed by atoms with Gasteiger partial charge in [-0.15, -0.1) is 11.8 Å². The Labute approximate surface area is 110 Å². The Bertz CT molecular complexity index is 379. The molecule has 0 atom stereocenters. The van der Waals surface area contributed by atoms with Gasteiger partial charge in [0.2, 0.25) is 5.91 Å². The lowest BCUT2D eigenvalue weighted by molar-refractivity contribution is -0.126. The van der Waals surface area contributed by atoms with E-state index >= 15 is 0 Å². The average molecular weight is 271 g/mol. The first-order valence-corrected chi connectivity index (χ1v) is 6.99. The maximum Gasteiger partial charge on any atom is 0.225 e. The summed E-state index contributed by atoms with van der Waals surface area (Å²) in [6.07, 6.45) is 0. The fraction of sp³-hybridized carbons (Fsp3) is 0.417. The van der Waals surface area contributed by atoms with Crippen LogP contribution in [0.25, 0.3) is 0 Å². The molecule has 92 valence electrons. The van der Waals surface area contributed by atoms with Gasteiger partial charge in [0.1, 0.15) is 0 Å². The van der Waals surface area contributed by atoms with Gasteiger partial charge in [-0.25, -0.2) is 0 Å². The standard InChI is InChI=1S/C12H15ClN2OS/c13-10-1-3-11(4-2-10)17-6-5-15-12(16)9-7-14-8-9/h1-4,9,14H,5-8H2,(H,15,16). The molecule has 3 nitrogen and oxygen atoms in total. The normalized spacial score (nSPS) is 15.4. The molecule has 0 bridgehead atoms. The summed E-state index contributed by atoms with van der Waals surface area (Å²) in [5.41, 5.74) is 0. The molecule has 2 N–H and O–H groups in total. The Morgan fingerprint density at radius 2 is 2.12 bits per heavy atom. The van der Waals surface area contributed by atoms with Crippen LogP contribution in [-0.4, -0.2) is 31.3 Å². The molecule has 1 aromatic rings. The van der Waals surface area contributed by atoms with Crippen LogP contribution in [0.15, 0.2) is 29.2 Å². The fourth-order valence-electron chi connectivity index (χ4n) is 1.49. The molecule has 0 aromatic heterocycles. The molecule has 0 unspecified atom stereocenters. The average Bonchev–Trinajstić information content (AvgIpc) is 2.24. The molecule has 1 aliphatic heterocycles. The van der Waals surface area contributed by atoms with Crippen LogP contribution < -0.4 is 10.6 Å². The summed E-state index contributed by atoms with van der Waals surface area (Å²) in [6, 6.07) is 7.74. The summed E-state index contributed by atoms with van der Waals surface area (Å²) in [5, 5.41) is 6.78. The zero-order valence-corrected chi connectivity index (χ0v) is 11.0. The van der Waals surface area contributed by atoms with Gasteiger partial charge >= 0.3 is 0 Å². The zero-order valence-electron chi connectivity index (χ0n) is 9.41. The highest BCUT2D eigenvalue weighted by Gasteiger charge is 2.23. The Balaban J connectivity index is 1.62. The van der Waals surface area contributed by atoms with Crippen molar-refractivity contribution in [1.82, 2.24) is 10.6 Å². The third kappa shape index (κ3) is 3.91. The number of carbonyl (C=O) groups excluding carboxylic acids is 1. The Morgan fingerprint density at radius 1 is 1.41 bits per heavy atom. The molecule has 1 amide bonds. The highest BCUT2D eigenvalue weighted by atomic mass is 35.5. The van der Waals surface area contributed by atoms with Gasteiger partial charge in [-0.3, -0.25) is 4.79 Å². The monoisotopic (exact) mass is 270 g/mol. The van der Waals surface area contributed by atoms with Crippen LogP contribution in [0.2, 0.25) is 5.02 Å². The molecule has 0 aliphatic carbocycles. The van der Waals surface area contributed by atoms with Crippen molar-refractivity contribution in [2.45, 2.75) is 4.90 Å². The van der Waals surface area contributed by atoms with Gasteiger partial charge in [-0.1, -0.05) is 11.6 Å². The van der Waals surface area contributed by atoms with E-state index in [-0.39, 0.29) is 11.8 Å². The number of hydrogen-bond acceptors (Lipinski definition) is 3. The Hall–Kier alpha value is -0.710. The SMILES string of the molecule is O=C(NCCSc1ccc(Cl)cc1)C1CNC1. The molecule has 0 radical (unpaired) electrons. The van der Waals surface area contributed by atoms with Gasteiger partial charge in [-0.05, 0) is 24.3 Å². The highest BCUT2D eigenvalue weighted by molar-refractivity contribution is 7.99. The van der Waals surface area contributed by atoms with Gasteiger partial charge in [0, 0.05) is 35.3 Å². The van der Waals surface area contributed by atoms with Crippen molar-refractivity contribution in [2.75, 3.05) is 25.4 Å². The second-order valence-electron chi connectivity index (χ2n) is 3.95. The van der Waals surface area contributed by atoms with E-state index < -0.39 is 0 Å². The molecule has 1 aromatic carbocycles. The lowest BCUT2D eigenvalue weighted by atomic mass is 10.0. The molecule has 5 heteroatoms. The second kappa shape index (κ2) is 6.28. The quantitative estimate of drug-likeness (QED) is 0.633. The molecule has 1 aliphatic rings. The summed E-state index contributed by atoms with van der Waals surface area (Å²) in [5.74, 6) is 1.23. The summed E-state index contributed by atoms with van der Waals surface area (Å²) in [4.78, 5) is 12.7. The van der Waals surface area contributed by atoms with E-state index in [4.69, 9.17) is 11.6 Å². The predicted octanol–water partition coefficient (Wildman–Crippen LogP) is 1.77. The predicted molar refractivity (Wildman–Crippen MR) is 71.5 cm³/mol. The number of rotatable bonds is 5. The van der Waals surface area contributed by atoms with E-state index in [1.807, 2.05) is 24.3 Å². The molecular formula is C12H15ClN2OS.